The molecule has 0 aromatic heterocycles. The smallest absolute Gasteiger partial charge is 0.309 e. The minimum absolute atomic E-state index is 0.0133. The number of carbonyl (C=O) groups is 1. The van der Waals surface area contributed by atoms with Gasteiger partial charge in [0.05, 0.1) is 5.92 Å². The summed E-state index contributed by atoms with van der Waals surface area (Å²) in [6.45, 7) is 22.4. The Balaban J connectivity index is 2.96. The second-order valence-electron chi connectivity index (χ2n) is 10.4. The van der Waals surface area contributed by atoms with Crippen LogP contribution in [0.2, 0.25) is 0 Å². The van der Waals surface area contributed by atoms with Crippen molar-refractivity contribution in [2.24, 2.45) is 40.4 Å². The van der Waals surface area contributed by atoms with Crippen molar-refractivity contribution in [2.75, 3.05) is 0 Å². The van der Waals surface area contributed by atoms with Gasteiger partial charge in [0.1, 0.15) is 6.10 Å². The summed E-state index contributed by atoms with van der Waals surface area (Å²) in [6, 6.07) is 0. The first-order valence-electron chi connectivity index (χ1n) is 9.45. The molecule has 1 saturated carbocycles. The van der Waals surface area contributed by atoms with E-state index in [2.05, 4.69) is 62.3 Å². The Hall–Kier alpha value is -0.530. The molecule has 2 heteroatoms. The Bertz CT molecular complexity index is 397. The molecule has 1 aliphatic carbocycles. The first-order valence-corrected chi connectivity index (χ1v) is 9.45. The molecule has 1 rings (SSSR count). The van der Waals surface area contributed by atoms with Crippen molar-refractivity contribution in [3.8, 4) is 0 Å². The normalized spacial score (nSPS) is 31.1. The van der Waals surface area contributed by atoms with Crippen molar-refractivity contribution in [2.45, 2.75) is 88.2 Å². The van der Waals surface area contributed by atoms with Gasteiger partial charge in [-0.3, -0.25) is 4.79 Å². The van der Waals surface area contributed by atoms with Gasteiger partial charge in [-0.1, -0.05) is 69.2 Å². The zero-order valence-electron chi connectivity index (χ0n) is 17.2. The Labute approximate surface area is 144 Å². The minimum Gasteiger partial charge on any atom is -0.462 e. The Morgan fingerprint density at radius 1 is 0.913 bits per heavy atom. The van der Waals surface area contributed by atoms with Gasteiger partial charge in [0.2, 0.25) is 0 Å². The van der Waals surface area contributed by atoms with E-state index in [1.165, 1.54) is 0 Å². The maximum absolute atomic E-state index is 12.5. The maximum Gasteiger partial charge on any atom is 0.309 e. The minimum atomic E-state index is -0.0220. The number of hydrogen-bond donors (Lipinski definition) is 0. The Morgan fingerprint density at radius 3 is 1.78 bits per heavy atom. The molecule has 136 valence electrons. The summed E-state index contributed by atoms with van der Waals surface area (Å²) in [5.74, 6) is 2.02. The average Bonchev–Trinajstić information content (AvgIpc) is 2.34. The van der Waals surface area contributed by atoms with Gasteiger partial charge in [0.15, 0.2) is 0 Å². The Kier molecular flexibility index (Phi) is 6.38. The molecule has 5 unspecified atom stereocenters. The lowest BCUT2D eigenvalue weighted by Crippen LogP contribution is -2.46. The van der Waals surface area contributed by atoms with Gasteiger partial charge in [-0.2, -0.15) is 0 Å². The van der Waals surface area contributed by atoms with E-state index in [0.717, 1.165) is 12.8 Å². The number of hydrogen-bond acceptors (Lipinski definition) is 2. The Morgan fingerprint density at radius 2 is 1.39 bits per heavy atom. The van der Waals surface area contributed by atoms with E-state index in [4.69, 9.17) is 4.74 Å². The summed E-state index contributed by atoms with van der Waals surface area (Å²) in [6.07, 6.45) is 2.22. The van der Waals surface area contributed by atoms with Crippen LogP contribution >= 0.6 is 0 Å². The second kappa shape index (κ2) is 7.15. The third-order valence-corrected chi connectivity index (χ3v) is 6.11. The molecule has 0 aliphatic heterocycles. The van der Waals surface area contributed by atoms with Crippen molar-refractivity contribution >= 4 is 5.97 Å². The fourth-order valence-corrected chi connectivity index (χ4v) is 4.13. The van der Waals surface area contributed by atoms with E-state index in [1.54, 1.807) is 0 Å². The summed E-state index contributed by atoms with van der Waals surface area (Å²) in [5, 5.41) is 0. The number of esters is 1. The molecule has 5 atom stereocenters. The molecule has 1 aliphatic rings. The van der Waals surface area contributed by atoms with E-state index in [9.17, 15) is 4.79 Å². The summed E-state index contributed by atoms with van der Waals surface area (Å²) in [7, 11) is 0. The molecule has 0 amide bonds. The highest BCUT2D eigenvalue weighted by Gasteiger charge is 2.46. The van der Waals surface area contributed by atoms with Gasteiger partial charge in [0.25, 0.3) is 0 Å². The largest absolute Gasteiger partial charge is 0.462 e. The predicted molar refractivity (Wildman–Crippen MR) is 98.2 cm³/mol. The molecule has 0 heterocycles. The maximum atomic E-state index is 12.5. The fourth-order valence-electron chi connectivity index (χ4n) is 4.13. The van der Waals surface area contributed by atoms with Crippen LogP contribution < -0.4 is 0 Å². The highest BCUT2D eigenvalue weighted by Crippen LogP contribution is 2.49. The van der Waals surface area contributed by atoms with Gasteiger partial charge in [-0.15, -0.1) is 0 Å². The molecule has 0 N–H and O–H groups in total. The number of rotatable bonds is 3. The molecule has 0 aromatic rings. The van der Waals surface area contributed by atoms with E-state index in [1.807, 2.05) is 6.92 Å². The second-order valence-corrected chi connectivity index (χ2v) is 10.4. The molecular weight excluding hydrogens is 284 g/mol. The van der Waals surface area contributed by atoms with Crippen LogP contribution in [0, 0.1) is 40.4 Å². The van der Waals surface area contributed by atoms with Gasteiger partial charge >= 0.3 is 5.97 Å². The standard InChI is InChI=1S/C21H40O2/c1-13(2)15(4)19(22)23-18-11-14(3)16(20(5,6)7)12-17(18)21(8,9)10/h13-18H,11-12H2,1-10H3. The molecule has 0 radical (unpaired) electrons. The molecule has 0 bridgehead atoms. The van der Waals surface area contributed by atoms with E-state index in [-0.39, 0.29) is 23.4 Å². The van der Waals surface area contributed by atoms with E-state index in [0.29, 0.717) is 29.1 Å². The van der Waals surface area contributed by atoms with Crippen LogP contribution in [-0.4, -0.2) is 12.1 Å². The van der Waals surface area contributed by atoms with Crippen molar-refractivity contribution in [3.05, 3.63) is 0 Å². The van der Waals surface area contributed by atoms with Crippen LogP contribution in [0.5, 0.6) is 0 Å². The zero-order chi connectivity index (χ0) is 18.2. The third kappa shape index (κ3) is 5.22. The first kappa shape index (κ1) is 20.5. The van der Waals surface area contributed by atoms with Crippen LogP contribution in [0.1, 0.15) is 82.1 Å². The molecule has 1 fully saturated rings. The molecule has 0 aromatic carbocycles. The SMILES string of the molecule is CC(C)C(C)C(=O)OC1CC(C)C(C(C)(C)C)CC1C(C)(C)C. The third-order valence-electron chi connectivity index (χ3n) is 6.11. The molecule has 0 saturated heterocycles. The van der Waals surface area contributed by atoms with Crippen LogP contribution in [0.15, 0.2) is 0 Å². The van der Waals surface area contributed by atoms with Gasteiger partial charge in [-0.25, -0.2) is 0 Å². The van der Waals surface area contributed by atoms with Gasteiger partial charge in [0, 0.05) is 5.92 Å². The highest BCUT2D eigenvalue weighted by atomic mass is 16.5. The molecule has 23 heavy (non-hydrogen) atoms. The number of ether oxygens (including phenoxy) is 1. The lowest BCUT2D eigenvalue weighted by atomic mass is 9.58. The lowest BCUT2D eigenvalue weighted by molar-refractivity contribution is -0.167. The monoisotopic (exact) mass is 324 g/mol. The fraction of sp³-hybridized carbons (Fsp3) is 0.952. The topological polar surface area (TPSA) is 26.3 Å². The van der Waals surface area contributed by atoms with E-state index < -0.39 is 0 Å². The molecular formula is C21H40O2. The summed E-state index contributed by atoms with van der Waals surface area (Å²) in [5.41, 5.74) is 0.471. The van der Waals surface area contributed by atoms with Crippen molar-refractivity contribution < 1.29 is 9.53 Å². The van der Waals surface area contributed by atoms with Crippen molar-refractivity contribution in [3.63, 3.8) is 0 Å². The summed E-state index contributed by atoms with van der Waals surface area (Å²) < 4.78 is 6.05. The average molecular weight is 325 g/mol. The number of carbonyl (C=O) groups excluding carboxylic acids is 1. The zero-order valence-corrected chi connectivity index (χ0v) is 17.2. The quantitative estimate of drug-likeness (QED) is 0.600. The van der Waals surface area contributed by atoms with Crippen LogP contribution in [0.4, 0.5) is 0 Å². The van der Waals surface area contributed by atoms with Gasteiger partial charge in [-0.05, 0) is 41.4 Å². The van der Waals surface area contributed by atoms with Crippen LogP contribution in [0.3, 0.4) is 0 Å². The van der Waals surface area contributed by atoms with Crippen molar-refractivity contribution in [1.29, 1.82) is 0 Å². The van der Waals surface area contributed by atoms with Crippen LogP contribution in [0.25, 0.3) is 0 Å². The predicted octanol–water partition coefficient (Wildman–Crippen LogP) is 5.94. The molecule has 0 spiro atoms. The first-order chi connectivity index (χ1) is 10.2. The summed E-state index contributed by atoms with van der Waals surface area (Å²) >= 11 is 0. The highest BCUT2D eigenvalue weighted by molar-refractivity contribution is 5.72. The van der Waals surface area contributed by atoms with Gasteiger partial charge < -0.3 is 4.74 Å². The van der Waals surface area contributed by atoms with E-state index >= 15 is 0 Å². The summed E-state index contributed by atoms with van der Waals surface area (Å²) in [4.78, 5) is 12.5. The van der Waals surface area contributed by atoms with Crippen LogP contribution in [-0.2, 0) is 9.53 Å². The van der Waals surface area contributed by atoms with Crippen molar-refractivity contribution in [1.82, 2.24) is 0 Å². The lowest BCUT2D eigenvalue weighted by Gasteiger charge is -2.49. The molecule has 2 nitrogen and oxygen atoms in total.